The van der Waals surface area contributed by atoms with Crippen LogP contribution in [0.15, 0.2) is 24.3 Å². The number of rotatable bonds is 5. The van der Waals surface area contributed by atoms with Gasteiger partial charge in [-0.25, -0.2) is 4.79 Å². The number of nitrogens with zero attached hydrogens (tertiary/aromatic N) is 1. The molecule has 8 heteroatoms. The zero-order valence-corrected chi connectivity index (χ0v) is 11.5. The number of carboxylic acids is 1. The molecule has 1 amide bonds. The van der Waals surface area contributed by atoms with Crippen LogP contribution >= 0.6 is 0 Å². The standard InChI is InChI=1S/C14H13F3N2O3/c1-8(7-18)5-11(13(21)22)19-12(20)9-3-2-4-10(6-9)14(15,16)17/h2-4,6,8,11H,5H2,1H3,(H,19,20)(H,21,22)/t8-,11-/m0/s1. The van der Waals surface area contributed by atoms with Crippen molar-refractivity contribution < 1.29 is 27.9 Å². The molecule has 0 aromatic heterocycles. The highest BCUT2D eigenvalue weighted by Gasteiger charge is 2.31. The second-order valence-corrected chi connectivity index (χ2v) is 4.71. The van der Waals surface area contributed by atoms with E-state index in [1.54, 1.807) is 0 Å². The van der Waals surface area contributed by atoms with Gasteiger partial charge in [0.2, 0.25) is 0 Å². The first-order valence-corrected chi connectivity index (χ1v) is 6.25. The number of hydrogen-bond donors (Lipinski definition) is 2. The van der Waals surface area contributed by atoms with Gasteiger partial charge in [-0.15, -0.1) is 0 Å². The molecule has 0 spiro atoms. The summed E-state index contributed by atoms with van der Waals surface area (Å²) in [5.41, 5.74) is -1.30. The molecule has 0 saturated carbocycles. The second-order valence-electron chi connectivity index (χ2n) is 4.71. The average Bonchev–Trinajstić information content (AvgIpc) is 2.45. The molecule has 2 N–H and O–H groups in total. The maximum absolute atomic E-state index is 12.6. The van der Waals surface area contributed by atoms with Gasteiger partial charge in [0.15, 0.2) is 0 Å². The van der Waals surface area contributed by atoms with Crippen LogP contribution in [0, 0.1) is 17.2 Å². The Kier molecular flexibility index (Phi) is 5.51. The number of nitrogens with one attached hydrogen (secondary N) is 1. The second kappa shape index (κ2) is 6.93. The molecule has 0 aliphatic carbocycles. The van der Waals surface area contributed by atoms with Gasteiger partial charge in [-0.2, -0.15) is 18.4 Å². The Hall–Kier alpha value is -2.56. The highest BCUT2D eigenvalue weighted by Crippen LogP contribution is 2.29. The zero-order valence-electron chi connectivity index (χ0n) is 11.5. The third-order valence-electron chi connectivity index (χ3n) is 2.87. The lowest BCUT2D eigenvalue weighted by Gasteiger charge is -2.16. The molecule has 0 aliphatic heterocycles. The van der Waals surface area contributed by atoms with Crippen molar-refractivity contribution in [3.8, 4) is 6.07 Å². The van der Waals surface area contributed by atoms with Gasteiger partial charge >= 0.3 is 12.1 Å². The van der Waals surface area contributed by atoms with E-state index < -0.39 is 35.6 Å². The largest absolute Gasteiger partial charge is 0.480 e. The smallest absolute Gasteiger partial charge is 0.416 e. The van der Waals surface area contributed by atoms with Crippen molar-refractivity contribution >= 4 is 11.9 Å². The fourth-order valence-electron chi connectivity index (χ4n) is 1.71. The lowest BCUT2D eigenvalue weighted by Crippen LogP contribution is -2.41. The lowest BCUT2D eigenvalue weighted by molar-refractivity contribution is -0.140. The molecule has 0 bridgehead atoms. The summed E-state index contributed by atoms with van der Waals surface area (Å²) in [5.74, 6) is -2.92. The first kappa shape index (κ1) is 17.5. The van der Waals surface area contributed by atoms with Crippen LogP contribution in [0.1, 0.15) is 29.3 Å². The molecule has 1 rings (SSSR count). The molecule has 0 radical (unpaired) electrons. The van der Waals surface area contributed by atoms with E-state index in [1.807, 2.05) is 6.07 Å². The number of nitriles is 1. The number of alkyl halides is 3. The molecule has 1 aromatic rings. The van der Waals surface area contributed by atoms with Crippen molar-refractivity contribution in [3.05, 3.63) is 35.4 Å². The van der Waals surface area contributed by atoms with Gasteiger partial charge in [0.1, 0.15) is 6.04 Å². The topological polar surface area (TPSA) is 90.2 Å². The number of halogens is 3. The Labute approximate surface area is 124 Å². The minimum atomic E-state index is -4.60. The monoisotopic (exact) mass is 314 g/mol. The Morgan fingerprint density at radius 1 is 1.41 bits per heavy atom. The summed E-state index contributed by atoms with van der Waals surface area (Å²) in [6.07, 6.45) is -4.74. The van der Waals surface area contributed by atoms with Crippen LogP contribution in [-0.4, -0.2) is 23.0 Å². The number of aliphatic carboxylic acids is 1. The number of hydrogen-bond acceptors (Lipinski definition) is 3. The number of carbonyl (C=O) groups excluding carboxylic acids is 1. The molecule has 22 heavy (non-hydrogen) atoms. The number of carboxylic acid groups (broad SMARTS) is 1. The SMILES string of the molecule is C[C@H](C#N)C[C@H](NC(=O)c1cccc(C(F)(F)F)c1)C(=O)O. The van der Waals surface area contributed by atoms with E-state index in [9.17, 15) is 22.8 Å². The summed E-state index contributed by atoms with van der Waals surface area (Å²) in [5, 5.41) is 19.8. The van der Waals surface area contributed by atoms with E-state index in [1.165, 1.54) is 6.92 Å². The Morgan fingerprint density at radius 2 is 2.05 bits per heavy atom. The van der Waals surface area contributed by atoms with E-state index in [0.29, 0.717) is 6.07 Å². The lowest BCUT2D eigenvalue weighted by atomic mass is 10.0. The molecule has 118 valence electrons. The van der Waals surface area contributed by atoms with E-state index >= 15 is 0 Å². The van der Waals surface area contributed by atoms with Crippen LogP contribution in [-0.2, 0) is 11.0 Å². The van der Waals surface area contributed by atoms with Crippen molar-refractivity contribution in [2.75, 3.05) is 0 Å². The summed E-state index contributed by atoms with van der Waals surface area (Å²) < 4.78 is 37.7. The maximum Gasteiger partial charge on any atom is 0.416 e. The van der Waals surface area contributed by atoms with Gasteiger partial charge in [0.05, 0.1) is 11.6 Å². The predicted molar refractivity (Wildman–Crippen MR) is 69.7 cm³/mol. The highest BCUT2D eigenvalue weighted by atomic mass is 19.4. The Bertz CT molecular complexity index is 608. The van der Waals surface area contributed by atoms with E-state index in [-0.39, 0.29) is 12.0 Å². The molecule has 0 heterocycles. The molecule has 0 fully saturated rings. The van der Waals surface area contributed by atoms with Crippen molar-refractivity contribution in [2.24, 2.45) is 5.92 Å². The van der Waals surface area contributed by atoms with Crippen molar-refractivity contribution in [1.82, 2.24) is 5.32 Å². The molecule has 0 aliphatic rings. The summed E-state index contributed by atoms with van der Waals surface area (Å²) in [6, 6.07) is 4.14. The summed E-state index contributed by atoms with van der Waals surface area (Å²) in [7, 11) is 0. The highest BCUT2D eigenvalue weighted by molar-refractivity contribution is 5.96. The van der Waals surface area contributed by atoms with Gasteiger partial charge < -0.3 is 10.4 Å². The summed E-state index contributed by atoms with van der Waals surface area (Å²) in [6.45, 7) is 1.48. The normalized spacial score (nSPS) is 13.8. The summed E-state index contributed by atoms with van der Waals surface area (Å²) >= 11 is 0. The molecule has 0 saturated heterocycles. The van der Waals surface area contributed by atoms with Crippen LogP contribution in [0.5, 0.6) is 0 Å². The maximum atomic E-state index is 12.6. The van der Waals surface area contributed by atoms with E-state index in [4.69, 9.17) is 10.4 Å². The van der Waals surface area contributed by atoms with Gasteiger partial charge in [0, 0.05) is 11.5 Å². The molecule has 2 atom stereocenters. The van der Waals surface area contributed by atoms with Crippen LogP contribution in [0.3, 0.4) is 0 Å². The molecule has 5 nitrogen and oxygen atoms in total. The zero-order chi connectivity index (χ0) is 16.9. The van der Waals surface area contributed by atoms with Crippen molar-refractivity contribution in [1.29, 1.82) is 5.26 Å². The van der Waals surface area contributed by atoms with Crippen LogP contribution in [0.25, 0.3) is 0 Å². The van der Waals surface area contributed by atoms with Crippen molar-refractivity contribution in [2.45, 2.75) is 25.6 Å². The van der Waals surface area contributed by atoms with Gasteiger partial charge in [-0.1, -0.05) is 6.07 Å². The Balaban J connectivity index is 2.91. The minimum absolute atomic E-state index is 0.142. The van der Waals surface area contributed by atoms with Gasteiger partial charge in [-0.05, 0) is 31.5 Å². The minimum Gasteiger partial charge on any atom is -0.480 e. The van der Waals surface area contributed by atoms with Gasteiger partial charge in [-0.3, -0.25) is 4.79 Å². The third kappa shape index (κ3) is 4.77. The van der Waals surface area contributed by atoms with E-state index in [2.05, 4.69) is 5.32 Å². The first-order chi connectivity index (χ1) is 10.1. The van der Waals surface area contributed by atoms with E-state index in [0.717, 1.165) is 18.2 Å². The van der Waals surface area contributed by atoms with Crippen LogP contribution in [0.2, 0.25) is 0 Å². The van der Waals surface area contributed by atoms with Crippen molar-refractivity contribution in [3.63, 3.8) is 0 Å². The first-order valence-electron chi connectivity index (χ1n) is 6.25. The molecular formula is C14H13F3N2O3. The molecule has 1 aromatic carbocycles. The molecular weight excluding hydrogens is 301 g/mol. The average molecular weight is 314 g/mol. The number of amides is 1. The number of benzene rings is 1. The predicted octanol–water partition coefficient (Wildman–Crippen LogP) is 2.44. The van der Waals surface area contributed by atoms with Gasteiger partial charge in [0.25, 0.3) is 5.91 Å². The third-order valence-corrected chi connectivity index (χ3v) is 2.87. The molecule has 0 unspecified atom stereocenters. The fraction of sp³-hybridized carbons (Fsp3) is 0.357. The van der Waals surface area contributed by atoms with Crippen LogP contribution < -0.4 is 5.32 Å². The number of carbonyl (C=O) groups is 2. The Morgan fingerprint density at radius 3 is 2.55 bits per heavy atom. The fourth-order valence-corrected chi connectivity index (χ4v) is 1.71. The quantitative estimate of drug-likeness (QED) is 0.873. The van der Waals surface area contributed by atoms with Crippen LogP contribution in [0.4, 0.5) is 13.2 Å². The summed E-state index contributed by atoms with van der Waals surface area (Å²) in [4.78, 5) is 22.9.